The predicted molar refractivity (Wildman–Crippen MR) is 132 cm³/mol. The third-order valence-corrected chi connectivity index (χ3v) is 6.88. The first-order chi connectivity index (χ1) is 14.3. The molecule has 4 aromatic rings. The van der Waals surface area contributed by atoms with Gasteiger partial charge in [0.1, 0.15) is 5.82 Å². The summed E-state index contributed by atoms with van der Waals surface area (Å²) in [7, 11) is 1.99. The Morgan fingerprint density at radius 3 is 2.40 bits per heavy atom. The number of aryl methyl sites for hydroxylation is 1. The van der Waals surface area contributed by atoms with Crippen molar-refractivity contribution in [2.45, 2.75) is 30.6 Å². The highest BCUT2D eigenvalue weighted by molar-refractivity contribution is 7.80. The van der Waals surface area contributed by atoms with E-state index >= 15 is 0 Å². The number of imidazole rings is 1. The van der Waals surface area contributed by atoms with Crippen molar-refractivity contribution in [1.29, 1.82) is 0 Å². The lowest BCUT2D eigenvalue weighted by atomic mass is 9.98. The van der Waals surface area contributed by atoms with Gasteiger partial charge in [0.05, 0.1) is 18.2 Å². The molecule has 0 amide bonds. The van der Waals surface area contributed by atoms with E-state index in [0.717, 1.165) is 65.6 Å². The van der Waals surface area contributed by atoms with Crippen LogP contribution in [0.5, 0.6) is 0 Å². The number of nitrogens with zero attached hydrogens (tertiary/aromatic N) is 3. The Labute approximate surface area is 187 Å². The number of hydrogen-bond donors (Lipinski definition) is 3. The van der Waals surface area contributed by atoms with E-state index in [-0.39, 0.29) is 0 Å². The molecule has 152 valence electrons. The molecule has 2 heterocycles. The molecule has 2 aromatic heterocycles. The van der Waals surface area contributed by atoms with Gasteiger partial charge in [-0.2, -0.15) is 0 Å². The van der Waals surface area contributed by atoms with Crippen molar-refractivity contribution in [3.63, 3.8) is 0 Å². The molecule has 0 atom stereocenters. The topological polar surface area (TPSA) is 42.7 Å². The van der Waals surface area contributed by atoms with E-state index in [9.17, 15) is 0 Å². The van der Waals surface area contributed by atoms with Gasteiger partial charge < -0.3 is 9.88 Å². The second-order valence-electron chi connectivity index (χ2n) is 7.57. The minimum atomic E-state index is 0.737. The number of hydrogen-bond acceptors (Lipinski definition) is 5. The van der Waals surface area contributed by atoms with Crippen molar-refractivity contribution in [3.8, 4) is 11.3 Å². The first-order valence-electron chi connectivity index (χ1n) is 9.62. The third-order valence-electron chi connectivity index (χ3n) is 5.65. The van der Waals surface area contributed by atoms with E-state index in [4.69, 9.17) is 25.3 Å². The summed E-state index contributed by atoms with van der Waals surface area (Å²) in [6.45, 7) is 10.4. The molecule has 0 spiro atoms. The summed E-state index contributed by atoms with van der Waals surface area (Å²) in [6.07, 6.45) is 5.55. The number of pyridine rings is 1. The van der Waals surface area contributed by atoms with Gasteiger partial charge in [-0.05, 0) is 55.0 Å². The Hall–Kier alpha value is -2.70. The Bertz CT molecular complexity index is 1280. The lowest BCUT2D eigenvalue weighted by Gasteiger charge is -2.20. The fraction of sp³-hybridized carbons (Fsp3) is 0.167. The van der Waals surface area contributed by atoms with Gasteiger partial charge in [-0.15, -0.1) is 25.3 Å². The second-order valence-corrected chi connectivity index (χ2v) is 8.47. The second kappa shape index (κ2) is 7.85. The number of fused-ring (bicyclic) bond motifs is 1. The monoisotopic (exact) mass is 432 g/mol. The van der Waals surface area contributed by atoms with E-state index < -0.39 is 0 Å². The SMILES string of the molecule is C=C(Nc1cc2cc(-c3cncn3C)ccc2cn1)c1c(C)c(S)c(C)c(C)c1S. The van der Waals surface area contributed by atoms with Crippen LogP contribution in [0.15, 0.2) is 59.4 Å². The summed E-state index contributed by atoms with van der Waals surface area (Å²) in [5, 5.41) is 5.54. The van der Waals surface area contributed by atoms with Crippen LogP contribution in [0, 0.1) is 20.8 Å². The van der Waals surface area contributed by atoms with Crippen LogP contribution in [0.4, 0.5) is 5.82 Å². The molecule has 0 bridgehead atoms. The minimum Gasteiger partial charge on any atom is -0.340 e. The number of anilines is 1. The maximum atomic E-state index is 4.76. The van der Waals surface area contributed by atoms with Crippen LogP contribution in [0.3, 0.4) is 0 Å². The summed E-state index contributed by atoms with van der Waals surface area (Å²) in [5.74, 6) is 0.737. The summed E-state index contributed by atoms with van der Waals surface area (Å²) < 4.78 is 2.01. The number of rotatable bonds is 4. The van der Waals surface area contributed by atoms with Crippen LogP contribution in [0.25, 0.3) is 27.7 Å². The smallest absolute Gasteiger partial charge is 0.130 e. The molecule has 0 saturated heterocycles. The lowest BCUT2D eigenvalue weighted by molar-refractivity contribution is 0.921. The van der Waals surface area contributed by atoms with E-state index in [1.54, 1.807) is 6.33 Å². The van der Waals surface area contributed by atoms with Gasteiger partial charge in [0.15, 0.2) is 0 Å². The van der Waals surface area contributed by atoms with Crippen LogP contribution in [-0.4, -0.2) is 14.5 Å². The molecule has 6 heteroatoms. The highest BCUT2D eigenvalue weighted by atomic mass is 32.1. The van der Waals surface area contributed by atoms with Crippen LogP contribution >= 0.6 is 25.3 Å². The molecule has 0 aliphatic heterocycles. The van der Waals surface area contributed by atoms with Crippen LogP contribution in [0.1, 0.15) is 22.3 Å². The van der Waals surface area contributed by atoms with E-state index in [2.05, 4.69) is 53.9 Å². The molecule has 0 aliphatic rings. The average molecular weight is 433 g/mol. The zero-order valence-corrected chi connectivity index (χ0v) is 19.3. The van der Waals surface area contributed by atoms with Crippen molar-refractivity contribution in [3.05, 3.63) is 71.8 Å². The number of thiol groups is 2. The summed E-state index contributed by atoms with van der Waals surface area (Å²) in [5.41, 5.74) is 7.22. The first-order valence-corrected chi connectivity index (χ1v) is 10.5. The van der Waals surface area contributed by atoms with Crippen molar-refractivity contribution in [1.82, 2.24) is 14.5 Å². The molecule has 2 aromatic carbocycles. The lowest BCUT2D eigenvalue weighted by Crippen LogP contribution is -2.05. The predicted octanol–water partition coefficient (Wildman–Crippen LogP) is 6.22. The molecule has 4 rings (SSSR count). The van der Waals surface area contributed by atoms with Gasteiger partial charge in [-0.1, -0.05) is 18.7 Å². The standard InChI is InChI=1S/C24H24N4S2/c1-13-14(2)24(30)22(15(3)23(13)29)16(4)27-21-9-19-8-17(6-7-18(19)10-26-21)20-11-25-12-28(20)5/h6-12,29-30H,4H2,1-3,5H3,(H,26,27). The van der Waals surface area contributed by atoms with E-state index in [1.807, 2.05) is 37.0 Å². The summed E-state index contributed by atoms with van der Waals surface area (Å²) in [4.78, 5) is 10.7. The Kier molecular flexibility index (Phi) is 5.38. The Morgan fingerprint density at radius 1 is 0.967 bits per heavy atom. The molecule has 0 fully saturated rings. The minimum absolute atomic E-state index is 0.737. The van der Waals surface area contributed by atoms with Crippen LogP contribution < -0.4 is 5.32 Å². The van der Waals surface area contributed by atoms with Gasteiger partial charge in [0.25, 0.3) is 0 Å². The zero-order valence-electron chi connectivity index (χ0n) is 17.5. The van der Waals surface area contributed by atoms with Crippen molar-refractivity contribution in [2.24, 2.45) is 7.05 Å². The van der Waals surface area contributed by atoms with Crippen molar-refractivity contribution in [2.75, 3.05) is 5.32 Å². The molecular weight excluding hydrogens is 408 g/mol. The quantitative estimate of drug-likeness (QED) is 0.335. The van der Waals surface area contributed by atoms with Crippen LogP contribution in [-0.2, 0) is 7.05 Å². The number of benzene rings is 2. The van der Waals surface area contributed by atoms with Gasteiger partial charge in [0, 0.05) is 45.2 Å². The van der Waals surface area contributed by atoms with E-state index in [0.29, 0.717) is 0 Å². The highest BCUT2D eigenvalue weighted by Gasteiger charge is 2.16. The Morgan fingerprint density at radius 2 is 1.70 bits per heavy atom. The van der Waals surface area contributed by atoms with Gasteiger partial charge in [-0.3, -0.25) is 0 Å². The third kappa shape index (κ3) is 3.50. The molecule has 30 heavy (non-hydrogen) atoms. The number of aromatic nitrogens is 3. The molecule has 4 nitrogen and oxygen atoms in total. The molecule has 0 saturated carbocycles. The van der Waals surface area contributed by atoms with Crippen molar-refractivity contribution < 1.29 is 0 Å². The van der Waals surface area contributed by atoms with Gasteiger partial charge in [0.2, 0.25) is 0 Å². The fourth-order valence-electron chi connectivity index (χ4n) is 3.71. The average Bonchev–Trinajstić information content (AvgIpc) is 3.16. The Balaban J connectivity index is 1.71. The number of nitrogens with one attached hydrogen (secondary N) is 1. The molecule has 0 unspecified atom stereocenters. The van der Waals surface area contributed by atoms with Gasteiger partial charge in [-0.25, -0.2) is 9.97 Å². The zero-order chi connectivity index (χ0) is 21.6. The first kappa shape index (κ1) is 20.6. The molecular formula is C24H24N4S2. The fourth-order valence-corrected chi connectivity index (χ4v) is 4.46. The van der Waals surface area contributed by atoms with Crippen LogP contribution in [0.2, 0.25) is 0 Å². The summed E-state index contributed by atoms with van der Waals surface area (Å²) >= 11 is 9.45. The maximum absolute atomic E-state index is 4.76. The normalized spacial score (nSPS) is 11.1. The van der Waals surface area contributed by atoms with Crippen molar-refractivity contribution >= 4 is 47.5 Å². The molecule has 0 radical (unpaired) electrons. The maximum Gasteiger partial charge on any atom is 0.130 e. The largest absolute Gasteiger partial charge is 0.340 e. The summed E-state index contributed by atoms with van der Waals surface area (Å²) in [6, 6.07) is 8.36. The van der Waals surface area contributed by atoms with Gasteiger partial charge >= 0.3 is 0 Å². The van der Waals surface area contributed by atoms with E-state index in [1.165, 1.54) is 0 Å². The highest BCUT2D eigenvalue weighted by Crippen LogP contribution is 2.36. The molecule has 1 N–H and O–H groups in total. The molecule has 0 aliphatic carbocycles.